The van der Waals surface area contributed by atoms with Crippen molar-refractivity contribution in [2.24, 2.45) is 0 Å². The Kier molecular flexibility index (Phi) is 8.48. The summed E-state index contributed by atoms with van der Waals surface area (Å²) in [5.74, 6) is 0.799. The average molecular weight is 366 g/mol. The van der Waals surface area contributed by atoms with Crippen molar-refractivity contribution >= 4 is 17.2 Å². The first-order valence-corrected chi connectivity index (χ1v) is 9.54. The number of unbranched alkanes of at least 4 members (excludes halogenated alkanes) is 4. The molecule has 25 heavy (non-hydrogen) atoms. The predicted octanol–water partition coefficient (Wildman–Crippen LogP) is 3.34. The lowest BCUT2D eigenvalue weighted by molar-refractivity contribution is 0.0949. The summed E-state index contributed by atoms with van der Waals surface area (Å²) in [5, 5.41) is 16.0. The van der Waals surface area contributed by atoms with Gasteiger partial charge in [-0.05, 0) is 31.9 Å². The summed E-state index contributed by atoms with van der Waals surface area (Å²) in [7, 11) is 0. The van der Waals surface area contributed by atoms with E-state index in [4.69, 9.17) is 14.4 Å². The van der Waals surface area contributed by atoms with E-state index in [-0.39, 0.29) is 19.1 Å². The molecule has 2 heterocycles. The average Bonchev–Trinajstić information content (AvgIpc) is 3.24. The number of thiophene rings is 1. The first-order valence-electron chi connectivity index (χ1n) is 8.73. The minimum Gasteiger partial charge on any atom is -0.484 e. The quantitative estimate of drug-likeness (QED) is 0.563. The van der Waals surface area contributed by atoms with Gasteiger partial charge in [0, 0.05) is 19.0 Å². The van der Waals surface area contributed by atoms with Crippen LogP contribution in [0.15, 0.2) is 22.7 Å². The molecule has 0 atom stereocenters. The molecular weight excluding hydrogens is 340 g/mol. The van der Waals surface area contributed by atoms with Crippen LogP contribution in [0, 0.1) is 6.92 Å². The molecule has 0 radical (unpaired) electrons. The Morgan fingerprint density at radius 3 is 2.84 bits per heavy atom. The molecule has 138 valence electrons. The zero-order valence-electron chi connectivity index (χ0n) is 14.6. The second-order valence-corrected chi connectivity index (χ2v) is 6.95. The fraction of sp³-hybridized carbons (Fsp3) is 0.556. The third-order valence-corrected chi connectivity index (χ3v) is 4.69. The minimum atomic E-state index is -0.171. The number of carbonyl (C=O) groups excluding carboxylic acids is 1. The van der Waals surface area contributed by atoms with Gasteiger partial charge in [0.2, 0.25) is 0 Å². The molecule has 2 aromatic rings. The van der Waals surface area contributed by atoms with E-state index < -0.39 is 0 Å². The molecule has 7 heteroatoms. The van der Waals surface area contributed by atoms with Gasteiger partial charge in [-0.2, -0.15) is 0 Å². The number of hydrogen-bond acceptors (Lipinski definition) is 6. The second kappa shape index (κ2) is 10.9. The number of rotatable bonds is 12. The van der Waals surface area contributed by atoms with Gasteiger partial charge in [0.15, 0.2) is 5.06 Å². The van der Waals surface area contributed by atoms with Crippen molar-refractivity contribution in [3.05, 3.63) is 34.5 Å². The number of hydrogen-bond donors (Lipinski definition) is 2. The third kappa shape index (κ3) is 7.27. The summed E-state index contributed by atoms with van der Waals surface area (Å²) >= 11 is 1.33. The van der Waals surface area contributed by atoms with Crippen molar-refractivity contribution < 1.29 is 19.2 Å². The van der Waals surface area contributed by atoms with Gasteiger partial charge in [0.1, 0.15) is 5.76 Å². The molecule has 1 amide bonds. The Labute approximate surface area is 152 Å². The van der Waals surface area contributed by atoms with Crippen LogP contribution < -0.4 is 10.1 Å². The van der Waals surface area contributed by atoms with Gasteiger partial charge in [-0.25, -0.2) is 0 Å². The van der Waals surface area contributed by atoms with Crippen LogP contribution in [0.25, 0.3) is 0 Å². The number of nitrogens with one attached hydrogen (secondary N) is 1. The highest BCUT2D eigenvalue weighted by Gasteiger charge is 2.09. The normalized spacial score (nSPS) is 10.8. The van der Waals surface area contributed by atoms with Crippen molar-refractivity contribution in [3.8, 4) is 5.06 Å². The smallest absolute Gasteiger partial charge is 0.261 e. The van der Waals surface area contributed by atoms with E-state index >= 15 is 0 Å². The summed E-state index contributed by atoms with van der Waals surface area (Å²) in [6.07, 6.45) is 6.56. The van der Waals surface area contributed by atoms with Gasteiger partial charge in [-0.15, -0.1) is 0 Å². The van der Waals surface area contributed by atoms with E-state index in [1.54, 1.807) is 6.07 Å². The lowest BCUT2D eigenvalue weighted by atomic mass is 10.1. The lowest BCUT2D eigenvalue weighted by Gasteiger charge is -2.03. The van der Waals surface area contributed by atoms with Crippen LogP contribution in [0.2, 0.25) is 0 Å². The van der Waals surface area contributed by atoms with Crippen LogP contribution in [0.3, 0.4) is 0 Å². The first-order chi connectivity index (χ1) is 12.2. The SMILES string of the molecule is Cc1cc(CCCCCCCOc2ccc(C(=O)NCCO)s2)on1. The van der Waals surface area contributed by atoms with Crippen LogP contribution in [0.1, 0.15) is 53.2 Å². The first kappa shape index (κ1) is 19.5. The lowest BCUT2D eigenvalue weighted by Crippen LogP contribution is -2.25. The molecule has 0 saturated heterocycles. The summed E-state index contributed by atoms with van der Waals surface area (Å²) in [6.45, 7) is 2.81. The zero-order chi connectivity index (χ0) is 17.9. The van der Waals surface area contributed by atoms with Gasteiger partial charge >= 0.3 is 0 Å². The van der Waals surface area contributed by atoms with E-state index in [2.05, 4.69) is 10.5 Å². The molecule has 2 rings (SSSR count). The molecule has 0 bridgehead atoms. The molecule has 0 saturated carbocycles. The number of aromatic nitrogens is 1. The Bertz CT molecular complexity index is 639. The van der Waals surface area contributed by atoms with Crippen LogP contribution in [0.4, 0.5) is 0 Å². The highest BCUT2D eigenvalue weighted by Crippen LogP contribution is 2.24. The molecule has 0 spiro atoms. The van der Waals surface area contributed by atoms with Crippen molar-refractivity contribution in [3.63, 3.8) is 0 Å². The molecule has 0 unspecified atom stereocenters. The largest absolute Gasteiger partial charge is 0.484 e. The fourth-order valence-electron chi connectivity index (χ4n) is 2.41. The summed E-state index contributed by atoms with van der Waals surface area (Å²) in [4.78, 5) is 12.3. The van der Waals surface area contributed by atoms with E-state index in [1.807, 2.05) is 19.1 Å². The van der Waals surface area contributed by atoms with Crippen LogP contribution in [0.5, 0.6) is 5.06 Å². The topological polar surface area (TPSA) is 84.6 Å². The molecule has 0 fully saturated rings. The maximum Gasteiger partial charge on any atom is 0.261 e. The van der Waals surface area contributed by atoms with E-state index in [1.165, 1.54) is 24.2 Å². The van der Waals surface area contributed by atoms with Gasteiger partial charge in [-0.3, -0.25) is 4.79 Å². The fourth-order valence-corrected chi connectivity index (χ4v) is 3.21. The number of aryl methyl sites for hydroxylation is 2. The Morgan fingerprint density at radius 1 is 1.28 bits per heavy atom. The number of ether oxygens (including phenoxy) is 1. The number of amides is 1. The van der Waals surface area contributed by atoms with Crippen molar-refractivity contribution in [1.82, 2.24) is 10.5 Å². The van der Waals surface area contributed by atoms with Crippen LogP contribution in [-0.2, 0) is 6.42 Å². The maximum absolute atomic E-state index is 11.7. The van der Waals surface area contributed by atoms with Crippen molar-refractivity contribution in [2.45, 2.75) is 45.4 Å². The van der Waals surface area contributed by atoms with Gasteiger partial charge in [0.25, 0.3) is 5.91 Å². The maximum atomic E-state index is 11.7. The molecule has 0 aliphatic rings. The van der Waals surface area contributed by atoms with Gasteiger partial charge < -0.3 is 19.7 Å². The van der Waals surface area contributed by atoms with E-state index in [0.29, 0.717) is 11.5 Å². The minimum absolute atomic E-state index is 0.0570. The number of aliphatic hydroxyl groups is 1. The highest BCUT2D eigenvalue weighted by atomic mass is 32.1. The monoisotopic (exact) mass is 366 g/mol. The Morgan fingerprint density at radius 2 is 2.08 bits per heavy atom. The second-order valence-electron chi connectivity index (χ2n) is 5.90. The van der Waals surface area contributed by atoms with Crippen molar-refractivity contribution in [1.29, 1.82) is 0 Å². The summed E-state index contributed by atoms with van der Waals surface area (Å²) in [5.41, 5.74) is 0.940. The van der Waals surface area contributed by atoms with E-state index in [9.17, 15) is 4.79 Å². The Balaban J connectivity index is 1.50. The molecule has 2 aromatic heterocycles. The summed E-state index contributed by atoms with van der Waals surface area (Å²) < 4.78 is 10.9. The standard InChI is InChI=1S/C18H26N2O4S/c1-14-13-15(24-20-14)7-5-3-2-4-6-12-23-17-9-8-16(25-17)18(22)19-10-11-21/h8-9,13,21H,2-7,10-12H2,1H3,(H,19,22). The van der Waals surface area contributed by atoms with Gasteiger partial charge in [-0.1, -0.05) is 35.8 Å². The zero-order valence-corrected chi connectivity index (χ0v) is 15.4. The number of aliphatic hydroxyl groups excluding tert-OH is 1. The van der Waals surface area contributed by atoms with Crippen LogP contribution in [-0.4, -0.2) is 35.9 Å². The van der Waals surface area contributed by atoms with Crippen LogP contribution >= 0.6 is 11.3 Å². The predicted molar refractivity (Wildman–Crippen MR) is 97.3 cm³/mol. The molecule has 2 N–H and O–H groups in total. The highest BCUT2D eigenvalue weighted by molar-refractivity contribution is 7.15. The molecular formula is C18H26N2O4S. The number of nitrogens with zero attached hydrogens (tertiary/aromatic N) is 1. The number of carbonyl (C=O) groups is 1. The molecule has 0 aromatic carbocycles. The molecule has 0 aliphatic carbocycles. The van der Waals surface area contributed by atoms with E-state index in [0.717, 1.165) is 42.2 Å². The Hall–Kier alpha value is -1.86. The van der Waals surface area contributed by atoms with Crippen molar-refractivity contribution in [2.75, 3.05) is 19.8 Å². The summed E-state index contributed by atoms with van der Waals surface area (Å²) in [6, 6.07) is 5.56. The third-order valence-electron chi connectivity index (χ3n) is 3.69. The van der Waals surface area contributed by atoms with Gasteiger partial charge in [0.05, 0.1) is 23.8 Å². The molecule has 0 aliphatic heterocycles. The molecule has 6 nitrogen and oxygen atoms in total.